The Hall–Kier alpha value is -3.09. The molecule has 0 atom stereocenters. The molecule has 36 heavy (non-hydrogen) atoms. The second kappa shape index (κ2) is 10.5. The van der Waals surface area contributed by atoms with E-state index in [4.69, 9.17) is 34.8 Å². The number of nitrogens with one attached hydrogen (secondary N) is 2. The van der Waals surface area contributed by atoms with E-state index < -0.39 is 62.6 Å². The van der Waals surface area contributed by atoms with Crippen LogP contribution in [0.4, 0.5) is 26.3 Å². The third-order valence-corrected chi connectivity index (χ3v) is 5.47. The summed E-state index contributed by atoms with van der Waals surface area (Å²) in [7, 11) is 0. The number of alkyl halides is 6. The van der Waals surface area contributed by atoms with Gasteiger partial charge in [0.15, 0.2) is 0 Å². The molecule has 190 valence electrons. The summed E-state index contributed by atoms with van der Waals surface area (Å²) >= 11 is 17.7. The molecule has 0 saturated heterocycles. The Morgan fingerprint density at radius 3 is 1.58 bits per heavy atom. The lowest BCUT2D eigenvalue weighted by atomic mass is 9.97. The van der Waals surface area contributed by atoms with E-state index in [0.29, 0.717) is 29.5 Å². The maximum absolute atomic E-state index is 13.0. The van der Waals surface area contributed by atoms with Crippen LogP contribution in [0.25, 0.3) is 0 Å². The van der Waals surface area contributed by atoms with Crippen molar-refractivity contribution < 1.29 is 35.9 Å². The molecule has 0 bridgehead atoms. The van der Waals surface area contributed by atoms with Gasteiger partial charge in [-0.1, -0.05) is 34.8 Å². The van der Waals surface area contributed by atoms with Crippen LogP contribution in [-0.2, 0) is 17.1 Å². The van der Waals surface area contributed by atoms with Crippen molar-refractivity contribution in [1.82, 2.24) is 20.8 Å². The second-order valence-corrected chi connectivity index (χ2v) is 8.31. The highest BCUT2D eigenvalue weighted by molar-refractivity contribution is 6.32. The van der Waals surface area contributed by atoms with Crippen LogP contribution in [0.2, 0.25) is 15.1 Å². The molecule has 0 spiro atoms. The number of hydrogen-bond acceptors (Lipinski definition) is 4. The Labute approximate surface area is 213 Å². The van der Waals surface area contributed by atoms with Crippen molar-refractivity contribution in [2.45, 2.75) is 18.3 Å². The summed E-state index contributed by atoms with van der Waals surface area (Å²) in [6.45, 7) is 0. The predicted octanol–water partition coefficient (Wildman–Crippen LogP) is 6.07. The molecule has 6 nitrogen and oxygen atoms in total. The van der Waals surface area contributed by atoms with Crippen molar-refractivity contribution >= 4 is 46.6 Å². The number of carbonyl (C=O) groups is 2. The van der Waals surface area contributed by atoms with Gasteiger partial charge in [-0.25, -0.2) is 0 Å². The van der Waals surface area contributed by atoms with Crippen molar-refractivity contribution in [1.29, 1.82) is 0 Å². The van der Waals surface area contributed by atoms with E-state index in [0.717, 1.165) is 0 Å². The topological polar surface area (TPSA) is 84.0 Å². The van der Waals surface area contributed by atoms with Gasteiger partial charge in [-0.2, -0.15) is 26.3 Å². The summed E-state index contributed by atoms with van der Waals surface area (Å²) in [5.41, 5.74) is 0.684. The van der Waals surface area contributed by atoms with E-state index >= 15 is 0 Å². The van der Waals surface area contributed by atoms with Crippen LogP contribution in [0.1, 0.15) is 38.8 Å². The molecular weight excluding hydrogens is 561 g/mol. The smallest absolute Gasteiger partial charge is 0.272 e. The molecule has 2 heterocycles. The first-order chi connectivity index (χ1) is 16.7. The van der Waals surface area contributed by atoms with Gasteiger partial charge in [-0.05, 0) is 36.4 Å². The molecule has 3 aromatic rings. The number of pyridine rings is 2. The summed E-state index contributed by atoms with van der Waals surface area (Å²) < 4.78 is 78.1. The number of halogens is 9. The molecule has 0 unspecified atom stereocenters. The number of amides is 2. The number of hydrazine groups is 1. The molecule has 0 aliphatic rings. The Balaban J connectivity index is 2.00. The lowest BCUT2D eigenvalue weighted by Gasteiger charge is -2.20. The third kappa shape index (κ3) is 6.37. The molecule has 15 heteroatoms. The van der Waals surface area contributed by atoms with Gasteiger partial charge in [0.25, 0.3) is 11.8 Å². The van der Waals surface area contributed by atoms with Crippen LogP contribution in [0.15, 0.2) is 48.8 Å². The number of hydrogen-bond donors (Lipinski definition) is 2. The molecule has 0 aliphatic carbocycles. The molecule has 2 aromatic heterocycles. The summed E-state index contributed by atoms with van der Waals surface area (Å²) in [5, 5.41) is -0.958. The van der Waals surface area contributed by atoms with Crippen LogP contribution >= 0.6 is 34.8 Å². The van der Waals surface area contributed by atoms with Crippen LogP contribution in [0.5, 0.6) is 0 Å². The Bertz CT molecular complexity index is 1240. The van der Waals surface area contributed by atoms with Gasteiger partial charge in [-0.15, -0.1) is 0 Å². The second-order valence-electron chi connectivity index (χ2n) is 7.06. The van der Waals surface area contributed by atoms with Gasteiger partial charge in [0.2, 0.25) is 0 Å². The normalized spacial score (nSPS) is 11.9. The fraction of sp³-hybridized carbons (Fsp3) is 0.143. The van der Waals surface area contributed by atoms with E-state index in [1.54, 1.807) is 0 Å². The number of nitrogens with zero attached hydrogens (tertiary/aromatic N) is 2. The first-order valence-corrected chi connectivity index (χ1v) is 10.6. The fourth-order valence-electron chi connectivity index (χ4n) is 2.87. The quantitative estimate of drug-likeness (QED) is 0.294. The summed E-state index contributed by atoms with van der Waals surface area (Å²) in [6.07, 6.45) is -8.87. The minimum Gasteiger partial charge on any atom is -0.272 e. The first kappa shape index (κ1) is 27.5. The molecule has 1 aromatic carbocycles. The van der Waals surface area contributed by atoms with E-state index in [1.807, 2.05) is 5.43 Å². The molecule has 2 amide bonds. The van der Waals surface area contributed by atoms with Crippen molar-refractivity contribution in [2.24, 2.45) is 0 Å². The van der Waals surface area contributed by atoms with Gasteiger partial charge in [-0.3, -0.25) is 30.4 Å². The van der Waals surface area contributed by atoms with E-state index in [2.05, 4.69) is 15.4 Å². The lowest BCUT2D eigenvalue weighted by molar-refractivity contribution is -0.138. The standard InChI is InChI=1S/C21H11Cl3F6N4O2/c22-12-3-1-9(2-4-12)18(35)33-34-19(36)15(16-13(23)5-10(7-31-16)20(25,26)27)17-14(24)6-11(8-32-17)21(28,29)30/h1-8,15H,(H,33,35)(H,34,36). The Morgan fingerprint density at radius 1 is 0.750 bits per heavy atom. The van der Waals surface area contributed by atoms with Gasteiger partial charge in [0.1, 0.15) is 5.92 Å². The average Bonchev–Trinajstić information content (AvgIpc) is 2.78. The minimum atomic E-state index is -4.82. The molecule has 3 rings (SSSR count). The van der Waals surface area contributed by atoms with E-state index in [9.17, 15) is 35.9 Å². The number of aromatic nitrogens is 2. The average molecular weight is 572 g/mol. The van der Waals surface area contributed by atoms with Crippen molar-refractivity contribution in [3.8, 4) is 0 Å². The van der Waals surface area contributed by atoms with E-state index in [1.165, 1.54) is 24.3 Å². The maximum Gasteiger partial charge on any atom is 0.417 e. The highest BCUT2D eigenvalue weighted by Gasteiger charge is 2.37. The molecular formula is C21H11Cl3F6N4O2. The molecule has 0 saturated carbocycles. The fourth-order valence-corrected chi connectivity index (χ4v) is 3.55. The van der Waals surface area contributed by atoms with Crippen LogP contribution in [-0.4, -0.2) is 21.8 Å². The van der Waals surface area contributed by atoms with Gasteiger partial charge >= 0.3 is 12.4 Å². The van der Waals surface area contributed by atoms with Crippen molar-refractivity contribution in [3.63, 3.8) is 0 Å². The Kier molecular flexibility index (Phi) is 8.01. The monoisotopic (exact) mass is 570 g/mol. The SMILES string of the molecule is O=C(NNC(=O)C(c1ncc(C(F)(F)F)cc1Cl)c1ncc(C(F)(F)F)cc1Cl)c1ccc(Cl)cc1. The maximum atomic E-state index is 13.0. The third-order valence-electron chi connectivity index (χ3n) is 4.61. The summed E-state index contributed by atoms with van der Waals surface area (Å²) in [4.78, 5) is 32.5. The lowest BCUT2D eigenvalue weighted by Crippen LogP contribution is -2.44. The molecule has 2 N–H and O–H groups in total. The van der Waals surface area contributed by atoms with Crippen molar-refractivity contribution in [2.75, 3.05) is 0 Å². The van der Waals surface area contributed by atoms with Crippen LogP contribution < -0.4 is 10.9 Å². The van der Waals surface area contributed by atoms with Gasteiger partial charge < -0.3 is 0 Å². The molecule has 0 radical (unpaired) electrons. The zero-order chi connectivity index (χ0) is 26.8. The first-order valence-electron chi connectivity index (χ1n) is 9.49. The number of carbonyl (C=O) groups excluding carboxylic acids is 2. The summed E-state index contributed by atoms with van der Waals surface area (Å²) in [5.74, 6) is -3.77. The van der Waals surface area contributed by atoms with Crippen LogP contribution in [0, 0.1) is 0 Å². The number of rotatable bonds is 4. The number of benzene rings is 1. The zero-order valence-corrected chi connectivity index (χ0v) is 19.6. The zero-order valence-electron chi connectivity index (χ0n) is 17.3. The summed E-state index contributed by atoms with van der Waals surface area (Å²) in [6, 6.07) is 6.44. The van der Waals surface area contributed by atoms with Crippen molar-refractivity contribution in [3.05, 3.63) is 91.9 Å². The Morgan fingerprint density at radius 2 is 1.19 bits per heavy atom. The predicted molar refractivity (Wildman–Crippen MR) is 117 cm³/mol. The molecule has 0 aliphatic heterocycles. The highest BCUT2D eigenvalue weighted by atomic mass is 35.5. The minimum absolute atomic E-state index is 0.0765. The highest BCUT2D eigenvalue weighted by Crippen LogP contribution is 2.38. The molecule has 0 fully saturated rings. The van der Waals surface area contributed by atoms with E-state index in [-0.39, 0.29) is 5.56 Å². The van der Waals surface area contributed by atoms with Gasteiger partial charge in [0.05, 0.1) is 32.6 Å². The van der Waals surface area contributed by atoms with Crippen LogP contribution in [0.3, 0.4) is 0 Å². The largest absolute Gasteiger partial charge is 0.417 e. The van der Waals surface area contributed by atoms with Gasteiger partial charge in [0, 0.05) is 23.0 Å².